The van der Waals surface area contributed by atoms with Gasteiger partial charge in [0.25, 0.3) is 5.69 Å². The van der Waals surface area contributed by atoms with Crippen LogP contribution in [0.15, 0.2) is 29.2 Å². The lowest BCUT2D eigenvalue weighted by Crippen LogP contribution is -1.86. The third-order valence-electron chi connectivity index (χ3n) is 2.28. The van der Waals surface area contributed by atoms with Gasteiger partial charge in [0.2, 0.25) is 0 Å². The summed E-state index contributed by atoms with van der Waals surface area (Å²) >= 11 is 0. The number of nitro groups is 1. The number of rotatable bonds is 8. The van der Waals surface area contributed by atoms with Crippen LogP contribution in [0.3, 0.4) is 0 Å². The van der Waals surface area contributed by atoms with E-state index in [-0.39, 0.29) is 10.6 Å². The predicted octanol–water partition coefficient (Wildman–Crippen LogP) is 4.92. The van der Waals surface area contributed by atoms with E-state index in [4.69, 9.17) is 0 Å². The van der Waals surface area contributed by atoms with Gasteiger partial charge in [-0.3, -0.25) is 10.1 Å². The molecule has 17 heavy (non-hydrogen) atoms. The van der Waals surface area contributed by atoms with Crippen molar-refractivity contribution in [2.45, 2.75) is 37.5 Å². The van der Waals surface area contributed by atoms with Crippen LogP contribution in [0.1, 0.15) is 32.6 Å². The molecule has 1 aromatic carbocycles. The second-order valence-electron chi connectivity index (χ2n) is 3.72. The Balaban J connectivity index is 2.21. The maximum Gasteiger partial charge on any atom is 0.269 e. The van der Waals surface area contributed by atoms with Crippen molar-refractivity contribution >= 4 is 27.3 Å². The fourth-order valence-corrected chi connectivity index (χ4v) is 3.45. The quantitative estimate of drug-likeness (QED) is 0.291. The van der Waals surface area contributed by atoms with Crippen molar-refractivity contribution in [1.29, 1.82) is 0 Å². The van der Waals surface area contributed by atoms with E-state index in [1.165, 1.54) is 25.7 Å². The van der Waals surface area contributed by atoms with Crippen molar-refractivity contribution < 1.29 is 4.92 Å². The average Bonchev–Trinajstić information content (AvgIpc) is 2.34. The zero-order valence-electron chi connectivity index (χ0n) is 9.93. The molecule has 0 aliphatic rings. The van der Waals surface area contributed by atoms with Crippen LogP contribution in [0.5, 0.6) is 0 Å². The van der Waals surface area contributed by atoms with Crippen molar-refractivity contribution in [2.24, 2.45) is 0 Å². The van der Waals surface area contributed by atoms with E-state index in [9.17, 15) is 10.1 Å². The average molecular weight is 271 g/mol. The Kier molecular flexibility index (Phi) is 7.12. The maximum absolute atomic E-state index is 10.5. The molecule has 0 aliphatic carbocycles. The number of nitro benzene ring substituents is 1. The highest BCUT2D eigenvalue weighted by atomic mass is 33.1. The Hall–Kier alpha value is -0.680. The number of non-ortho nitro benzene ring substituents is 1. The second kappa shape index (κ2) is 8.42. The van der Waals surface area contributed by atoms with Gasteiger partial charge in [-0.25, -0.2) is 0 Å². The molecule has 1 rings (SSSR count). The van der Waals surface area contributed by atoms with Gasteiger partial charge in [0.1, 0.15) is 0 Å². The first-order valence-electron chi connectivity index (χ1n) is 5.78. The molecule has 0 atom stereocenters. The first-order chi connectivity index (χ1) is 8.24. The summed E-state index contributed by atoms with van der Waals surface area (Å²) in [5.41, 5.74) is 0.155. The van der Waals surface area contributed by atoms with Crippen LogP contribution in [-0.4, -0.2) is 10.7 Å². The molecule has 0 radical (unpaired) electrons. The second-order valence-corrected chi connectivity index (χ2v) is 6.21. The van der Waals surface area contributed by atoms with Crippen LogP contribution < -0.4 is 0 Å². The standard InChI is InChI=1S/C12H17NO2S2/c1-2-3-4-5-10-16-17-12-8-6-11(7-9-12)13(14)15/h6-9H,2-5,10H2,1H3. The highest BCUT2D eigenvalue weighted by molar-refractivity contribution is 8.76. The summed E-state index contributed by atoms with van der Waals surface area (Å²) in [7, 11) is 3.51. The molecule has 5 heteroatoms. The number of hydrogen-bond acceptors (Lipinski definition) is 4. The van der Waals surface area contributed by atoms with Gasteiger partial charge >= 0.3 is 0 Å². The molecule has 0 N–H and O–H groups in total. The van der Waals surface area contributed by atoms with E-state index in [0.29, 0.717) is 0 Å². The fraction of sp³-hybridized carbons (Fsp3) is 0.500. The molecule has 3 nitrogen and oxygen atoms in total. The van der Waals surface area contributed by atoms with Crippen LogP contribution in [0, 0.1) is 10.1 Å². The summed E-state index contributed by atoms with van der Waals surface area (Å²) in [6.45, 7) is 2.21. The maximum atomic E-state index is 10.5. The van der Waals surface area contributed by atoms with E-state index < -0.39 is 0 Å². The van der Waals surface area contributed by atoms with Gasteiger partial charge in [-0.2, -0.15) is 0 Å². The van der Waals surface area contributed by atoms with Crippen LogP contribution in [0.25, 0.3) is 0 Å². The van der Waals surface area contributed by atoms with E-state index in [1.54, 1.807) is 22.9 Å². The Morgan fingerprint density at radius 2 is 1.88 bits per heavy atom. The van der Waals surface area contributed by atoms with Crippen molar-refractivity contribution in [3.8, 4) is 0 Å². The van der Waals surface area contributed by atoms with Crippen LogP contribution in [0.4, 0.5) is 5.69 Å². The number of unbranched alkanes of at least 4 members (excludes halogenated alkanes) is 3. The molecule has 0 aromatic heterocycles. The minimum absolute atomic E-state index is 0.155. The van der Waals surface area contributed by atoms with Gasteiger partial charge in [0.15, 0.2) is 0 Å². The summed E-state index contributed by atoms with van der Waals surface area (Å²) in [6.07, 6.45) is 5.12. The fourth-order valence-electron chi connectivity index (χ4n) is 1.32. The highest BCUT2D eigenvalue weighted by Crippen LogP contribution is 2.32. The van der Waals surface area contributed by atoms with Crippen molar-refractivity contribution in [1.82, 2.24) is 0 Å². The SMILES string of the molecule is CCCCCCSSc1ccc([N+](=O)[O-])cc1. The number of benzene rings is 1. The lowest BCUT2D eigenvalue weighted by atomic mass is 10.2. The van der Waals surface area contributed by atoms with Gasteiger partial charge in [0.05, 0.1) is 4.92 Å². The minimum atomic E-state index is -0.369. The van der Waals surface area contributed by atoms with Crippen molar-refractivity contribution in [2.75, 3.05) is 5.75 Å². The van der Waals surface area contributed by atoms with E-state index in [0.717, 1.165) is 10.6 Å². The zero-order chi connectivity index (χ0) is 12.5. The molecule has 0 bridgehead atoms. The Morgan fingerprint density at radius 3 is 2.47 bits per heavy atom. The molecule has 0 fully saturated rings. The monoisotopic (exact) mass is 271 g/mol. The van der Waals surface area contributed by atoms with Crippen molar-refractivity contribution in [3.63, 3.8) is 0 Å². The van der Waals surface area contributed by atoms with E-state index >= 15 is 0 Å². The summed E-state index contributed by atoms with van der Waals surface area (Å²) in [5.74, 6) is 1.14. The van der Waals surface area contributed by atoms with Crippen LogP contribution in [-0.2, 0) is 0 Å². The van der Waals surface area contributed by atoms with Gasteiger partial charge < -0.3 is 0 Å². The normalized spacial score (nSPS) is 10.4. The smallest absolute Gasteiger partial charge is 0.258 e. The molecule has 0 saturated carbocycles. The topological polar surface area (TPSA) is 43.1 Å². The van der Waals surface area contributed by atoms with Crippen molar-refractivity contribution in [3.05, 3.63) is 34.4 Å². The van der Waals surface area contributed by atoms with Crippen LogP contribution in [0.2, 0.25) is 0 Å². The minimum Gasteiger partial charge on any atom is -0.258 e. The largest absolute Gasteiger partial charge is 0.269 e. The number of nitrogens with zero attached hydrogens (tertiary/aromatic N) is 1. The van der Waals surface area contributed by atoms with Gasteiger partial charge in [-0.05, 0) is 18.6 Å². The zero-order valence-corrected chi connectivity index (χ0v) is 11.6. The molecular weight excluding hydrogens is 254 g/mol. The Labute approximate surface area is 110 Å². The summed E-state index contributed by atoms with van der Waals surface area (Å²) in [6, 6.07) is 6.73. The van der Waals surface area contributed by atoms with Crippen LogP contribution >= 0.6 is 21.6 Å². The Morgan fingerprint density at radius 1 is 1.18 bits per heavy atom. The summed E-state index contributed by atoms with van der Waals surface area (Å²) < 4.78 is 0. The molecule has 0 amide bonds. The van der Waals surface area contributed by atoms with Gasteiger partial charge in [-0.1, -0.05) is 47.8 Å². The highest BCUT2D eigenvalue weighted by Gasteiger charge is 2.03. The lowest BCUT2D eigenvalue weighted by molar-refractivity contribution is -0.384. The molecule has 0 spiro atoms. The molecule has 94 valence electrons. The first kappa shape index (κ1) is 14.4. The lowest BCUT2D eigenvalue weighted by Gasteiger charge is -2.01. The molecule has 0 saturated heterocycles. The van der Waals surface area contributed by atoms with Gasteiger partial charge in [-0.15, -0.1) is 0 Å². The molecule has 1 aromatic rings. The molecule has 0 heterocycles. The molecule has 0 unspecified atom stereocenters. The third-order valence-corrected chi connectivity index (χ3v) is 4.75. The number of hydrogen-bond donors (Lipinski definition) is 0. The molecular formula is C12H17NO2S2. The van der Waals surface area contributed by atoms with E-state index in [2.05, 4.69) is 6.92 Å². The van der Waals surface area contributed by atoms with E-state index in [1.807, 2.05) is 22.9 Å². The summed E-state index contributed by atoms with van der Waals surface area (Å²) in [5, 5.41) is 10.5. The predicted molar refractivity (Wildman–Crippen MR) is 75.6 cm³/mol. The first-order valence-corrected chi connectivity index (χ1v) is 8.10. The third kappa shape index (κ3) is 5.98. The summed E-state index contributed by atoms with van der Waals surface area (Å²) in [4.78, 5) is 11.2. The Bertz CT molecular complexity index is 341. The molecule has 0 aliphatic heterocycles. The van der Waals surface area contributed by atoms with Gasteiger partial charge in [0, 0.05) is 22.8 Å².